The summed E-state index contributed by atoms with van der Waals surface area (Å²) >= 11 is 0. The first-order valence-corrected chi connectivity index (χ1v) is 26.2. The van der Waals surface area contributed by atoms with E-state index in [2.05, 4.69) is 61.8 Å². The third-order valence-corrected chi connectivity index (χ3v) is 11.8. The molecule has 0 aromatic carbocycles. The van der Waals surface area contributed by atoms with Crippen LogP contribution in [0.25, 0.3) is 0 Å². The van der Waals surface area contributed by atoms with E-state index in [4.69, 9.17) is 19.1 Å². The Morgan fingerprint density at radius 3 is 1.57 bits per heavy atom. The number of esters is 2. The number of aliphatic hydroxyl groups is 3. The van der Waals surface area contributed by atoms with Crippen LogP contribution in [0.4, 0.5) is 0 Å². The van der Waals surface area contributed by atoms with Crippen molar-refractivity contribution in [3.63, 3.8) is 0 Å². The smallest absolute Gasteiger partial charge is 0.462 e. The van der Waals surface area contributed by atoms with E-state index in [1.807, 2.05) is 12.2 Å². The minimum atomic E-state index is -4.67. The van der Waals surface area contributed by atoms with Crippen LogP contribution in [0.3, 0.4) is 0 Å². The van der Waals surface area contributed by atoms with Crippen LogP contribution in [0.15, 0.2) is 60.8 Å². The molecule has 0 bridgehead atoms. The number of allylic oxidation sites excluding steroid dienone is 9. The van der Waals surface area contributed by atoms with Gasteiger partial charge in [-0.25, -0.2) is 4.57 Å². The lowest BCUT2D eigenvalue weighted by Crippen LogP contribution is -2.30. The number of rotatable bonds is 45. The number of unbranched alkanes of at least 4 members (excludes halogenated alkanes) is 17. The zero-order valence-corrected chi connectivity index (χ0v) is 40.7. The van der Waals surface area contributed by atoms with Crippen molar-refractivity contribution in [3.8, 4) is 0 Å². The molecule has 4 N–H and O–H groups in total. The van der Waals surface area contributed by atoms with E-state index in [-0.39, 0.29) is 12.8 Å². The SMILES string of the molecule is CC/C=C\C/C=C\C/C=C\C/C=C\C=C\C(O)CCCC(=O)OC[C@H](COP(=O)(O)OC[C@@H](O)CO)OC(=O)CCCCCCCCCCCCCCCCCCCCC(C)CC. The van der Waals surface area contributed by atoms with Crippen LogP contribution in [-0.2, 0) is 32.7 Å². The van der Waals surface area contributed by atoms with E-state index >= 15 is 0 Å². The molecule has 0 spiro atoms. The highest BCUT2D eigenvalue weighted by Crippen LogP contribution is 2.43. The van der Waals surface area contributed by atoms with Gasteiger partial charge in [-0.2, -0.15) is 0 Å². The van der Waals surface area contributed by atoms with Gasteiger partial charge in [0.15, 0.2) is 6.10 Å². The lowest BCUT2D eigenvalue weighted by molar-refractivity contribution is -0.161. The van der Waals surface area contributed by atoms with Crippen LogP contribution in [-0.4, -0.2) is 76.9 Å². The quantitative estimate of drug-likeness (QED) is 0.0151. The Morgan fingerprint density at radius 2 is 1.05 bits per heavy atom. The fourth-order valence-electron chi connectivity index (χ4n) is 6.65. The highest BCUT2D eigenvalue weighted by Gasteiger charge is 2.27. The van der Waals surface area contributed by atoms with Crippen LogP contribution in [0, 0.1) is 5.92 Å². The Balaban J connectivity index is 4.34. The zero-order valence-electron chi connectivity index (χ0n) is 39.8. The summed E-state index contributed by atoms with van der Waals surface area (Å²) in [5.41, 5.74) is 0. The Labute approximate surface area is 383 Å². The molecule has 11 nitrogen and oxygen atoms in total. The van der Waals surface area contributed by atoms with Crippen LogP contribution in [0.5, 0.6) is 0 Å². The van der Waals surface area contributed by atoms with Crippen molar-refractivity contribution in [2.24, 2.45) is 5.92 Å². The Hall–Kier alpha value is -2.37. The van der Waals surface area contributed by atoms with Gasteiger partial charge in [0, 0.05) is 12.8 Å². The number of phosphoric acid groups is 1. The molecule has 0 saturated heterocycles. The summed E-state index contributed by atoms with van der Waals surface area (Å²) in [5.74, 6) is -0.240. The molecule has 0 amide bonds. The summed E-state index contributed by atoms with van der Waals surface area (Å²) in [7, 11) is -4.67. The van der Waals surface area contributed by atoms with E-state index in [0.717, 1.165) is 50.9 Å². The summed E-state index contributed by atoms with van der Waals surface area (Å²) in [4.78, 5) is 35.1. The normalized spacial score (nSPS) is 15.2. The lowest BCUT2D eigenvalue weighted by Gasteiger charge is -2.20. The van der Waals surface area contributed by atoms with Gasteiger partial charge >= 0.3 is 19.8 Å². The first-order chi connectivity index (χ1) is 30.5. The van der Waals surface area contributed by atoms with Gasteiger partial charge < -0.3 is 29.7 Å². The molecule has 0 fully saturated rings. The molecule has 0 rings (SSSR count). The molecule has 63 heavy (non-hydrogen) atoms. The number of carbonyl (C=O) groups is 2. The number of hydrogen-bond donors (Lipinski definition) is 4. The van der Waals surface area contributed by atoms with Crippen molar-refractivity contribution in [2.45, 2.75) is 219 Å². The van der Waals surface area contributed by atoms with E-state index in [1.54, 1.807) is 12.2 Å². The van der Waals surface area contributed by atoms with Gasteiger partial charge in [0.05, 0.1) is 25.9 Å². The lowest BCUT2D eigenvalue weighted by atomic mass is 9.99. The summed E-state index contributed by atoms with van der Waals surface area (Å²) in [5, 5.41) is 28.7. The van der Waals surface area contributed by atoms with Gasteiger partial charge in [-0.05, 0) is 50.9 Å². The highest BCUT2D eigenvalue weighted by molar-refractivity contribution is 7.47. The van der Waals surface area contributed by atoms with Crippen molar-refractivity contribution < 1.29 is 52.9 Å². The maximum atomic E-state index is 12.7. The molecule has 0 saturated carbocycles. The fourth-order valence-corrected chi connectivity index (χ4v) is 7.44. The maximum absolute atomic E-state index is 12.7. The highest BCUT2D eigenvalue weighted by atomic mass is 31.2. The fraction of sp³-hybridized carbons (Fsp3) is 0.765. The molecule has 12 heteroatoms. The summed E-state index contributed by atoms with van der Waals surface area (Å²) in [6.45, 7) is 4.45. The van der Waals surface area contributed by atoms with Crippen LogP contribution in [0.2, 0.25) is 0 Å². The second-order valence-electron chi connectivity index (χ2n) is 16.9. The van der Waals surface area contributed by atoms with Gasteiger partial charge in [-0.1, -0.05) is 204 Å². The number of phosphoric ester groups is 1. The monoisotopic (exact) mass is 911 g/mol. The predicted molar refractivity (Wildman–Crippen MR) is 257 cm³/mol. The van der Waals surface area contributed by atoms with Gasteiger partial charge in [-0.15, -0.1) is 0 Å². The standard InChI is InChI=1S/C51H91O11P/c1-4-6-7-8-9-10-11-18-22-25-28-31-34-38-47(53)39-36-41-50(55)59-44-49(45-61-63(57,58)60-43-48(54)42-52)62-51(56)40-35-32-29-26-23-20-17-15-13-12-14-16-19-21-24-27-30-33-37-46(3)5-2/h6-7,9-10,18,22,28,31,34,38,46-49,52-54H,4-5,8,11-17,19-21,23-27,29-30,32-33,35-37,39-45H2,1-3H3,(H,57,58)/b7-6-,10-9-,22-18-,31-28-,38-34+/t46?,47?,48-,49+/m0/s1. The largest absolute Gasteiger partial charge is 0.472 e. The molecule has 0 heterocycles. The predicted octanol–water partition coefficient (Wildman–Crippen LogP) is 12.7. The van der Waals surface area contributed by atoms with Crippen LogP contribution >= 0.6 is 7.82 Å². The molecule has 0 radical (unpaired) electrons. The molecule has 0 aliphatic carbocycles. The zero-order chi connectivity index (χ0) is 46.5. The van der Waals surface area contributed by atoms with Crippen molar-refractivity contribution in [1.29, 1.82) is 0 Å². The summed E-state index contributed by atoms with van der Waals surface area (Å²) < 4.78 is 32.7. The number of carbonyl (C=O) groups excluding carboxylic acids is 2. The van der Waals surface area contributed by atoms with Crippen molar-refractivity contribution in [1.82, 2.24) is 0 Å². The Kier molecular flexibility index (Phi) is 43.1. The van der Waals surface area contributed by atoms with E-state index < -0.39 is 64.5 Å². The second-order valence-corrected chi connectivity index (χ2v) is 18.4. The van der Waals surface area contributed by atoms with Crippen molar-refractivity contribution >= 4 is 19.8 Å². The molecule has 3 unspecified atom stereocenters. The molecule has 0 aliphatic heterocycles. The molecule has 0 aliphatic rings. The van der Waals surface area contributed by atoms with Crippen LogP contribution in [0.1, 0.15) is 201 Å². The molecule has 0 aromatic heterocycles. The van der Waals surface area contributed by atoms with Gasteiger partial charge in [-0.3, -0.25) is 18.6 Å². The van der Waals surface area contributed by atoms with Gasteiger partial charge in [0.2, 0.25) is 0 Å². The molecule has 0 aromatic rings. The average Bonchev–Trinajstić information content (AvgIpc) is 3.27. The van der Waals surface area contributed by atoms with E-state index in [0.29, 0.717) is 19.3 Å². The molecular weight excluding hydrogens is 820 g/mol. The third kappa shape index (κ3) is 44.6. The minimum Gasteiger partial charge on any atom is -0.462 e. The maximum Gasteiger partial charge on any atom is 0.472 e. The van der Waals surface area contributed by atoms with Crippen LogP contribution < -0.4 is 0 Å². The third-order valence-electron chi connectivity index (χ3n) is 10.8. The Bertz CT molecular complexity index is 1260. The average molecular weight is 911 g/mol. The molecule has 366 valence electrons. The van der Waals surface area contributed by atoms with Crippen molar-refractivity contribution in [3.05, 3.63) is 60.8 Å². The minimum absolute atomic E-state index is 0.0100. The Morgan fingerprint density at radius 1 is 0.571 bits per heavy atom. The first kappa shape index (κ1) is 60.6. The molecular formula is C51H91O11P. The van der Waals surface area contributed by atoms with Gasteiger partial charge in [0.25, 0.3) is 0 Å². The number of hydrogen-bond acceptors (Lipinski definition) is 10. The summed E-state index contributed by atoms with van der Waals surface area (Å²) in [6.07, 6.45) is 46.4. The number of ether oxygens (including phenoxy) is 2. The first-order valence-electron chi connectivity index (χ1n) is 24.7. The second kappa shape index (κ2) is 44.8. The van der Waals surface area contributed by atoms with E-state index in [9.17, 15) is 29.3 Å². The number of aliphatic hydroxyl groups excluding tert-OH is 3. The van der Waals surface area contributed by atoms with E-state index in [1.165, 1.54) is 103 Å². The van der Waals surface area contributed by atoms with Crippen molar-refractivity contribution in [2.75, 3.05) is 26.4 Å². The topological polar surface area (TPSA) is 169 Å². The summed E-state index contributed by atoms with van der Waals surface area (Å²) in [6, 6.07) is 0. The molecule has 5 atom stereocenters. The van der Waals surface area contributed by atoms with Gasteiger partial charge in [0.1, 0.15) is 12.7 Å².